The van der Waals surface area contributed by atoms with E-state index in [2.05, 4.69) is 0 Å². The van der Waals surface area contributed by atoms with Gasteiger partial charge in [-0.05, 0) is 42.5 Å². The van der Waals surface area contributed by atoms with E-state index >= 15 is 0 Å². The second-order valence-corrected chi connectivity index (χ2v) is 6.29. The number of hydrogen-bond acceptors (Lipinski definition) is 3. The number of aliphatic hydroxyl groups is 1. The van der Waals surface area contributed by atoms with Gasteiger partial charge in [-0.25, -0.2) is 4.79 Å². The molecule has 1 amide bonds. The molecule has 4 N–H and O–H groups in total. The minimum atomic E-state index is -0.979. The van der Waals surface area contributed by atoms with Crippen molar-refractivity contribution >= 4 is 11.8 Å². The van der Waals surface area contributed by atoms with Crippen molar-refractivity contribution in [2.45, 2.75) is 37.5 Å². The molecule has 5 nitrogen and oxygen atoms in total. The van der Waals surface area contributed by atoms with Gasteiger partial charge in [0.15, 0.2) is 0 Å². The van der Waals surface area contributed by atoms with Gasteiger partial charge in [0.1, 0.15) is 0 Å². The number of aliphatic hydroxyl groups excluding tert-OH is 1. The van der Waals surface area contributed by atoms with E-state index in [0.717, 1.165) is 17.5 Å². The Bertz CT molecular complexity index is 688. The fourth-order valence-corrected chi connectivity index (χ4v) is 3.52. The van der Waals surface area contributed by atoms with E-state index in [1.165, 1.54) is 4.90 Å². The summed E-state index contributed by atoms with van der Waals surface area (Å²) in [6.45, 7) is 0. The number of nitrogens with two attached hydrogens (primary N) is 1. The van der Waals surface area contributed by atoms with Crippen LogP contribution in [0.1, 0.15) is 30.1 Å². The number of nitrogen functional groups attached to an aromatic ring is 1. The minimum absolute atomic E-state index is 0.130. The van der Waals surface area contributed by atoms with Crippen LogP contribution in [0.2, 0.25) is 0 Å². The van der Waals surface area contributed by atoms with Crippen LogP contribution in [0.4, 0.5) is 10.5 Å². The summed E-state index contributed by atoms with van der Waals surface area (Å²) in [6, 6.07) is 16.2. The SMILES string of the molecule is Nc1ccc(C[C@H]2CC[C@H](C(O)c3ccccc3)N2C(=O)O)cc1. The normalized spacial score (nSPS) is 21.6. The first kappa shape index (κ1) is 16.3. The van der Waals surface area contributed by atoms with Gasteiger partial charge in [0, 0.05) is 11.7 Å². The van der Waals surface area contributed by atoms with E-state index in [1.54, 1.807) is 0 Å². The molecule has 1 aliphatic heterocycles. The Balaban J connectivity index is 1.78. The zero-order valence-corrected chi connectivity index (χ0v) is 13.4. The zero-order valence-electron chi connectivity index (χ0n) is 13.4. The lowest BCUT2D eigenvalue weighted by Gasteiger charge is -2.31. The van der Waals surface area contributed by atoms with Gasteiger partial charge >= 0.3 is 6.09 Å². The highest BCUT2D eigenvalue weighted by Crippen LogP contribution is 2.34. The molecule has 1 saturated heterocycles. The van der Waals surface area contributed by atoms with E-state index in [9.17, 15) is 15.0 Å². The molecular weight excluding hydrogens is 304 g/mol. The summed E-state index contributed by atoms with van der Waals surface area (Å²) < 4.78 is 0. The average molecular weight is 326 g/mol. The molecule has 0 saturated carbocycles. The van der Waals surface area contributed by atoms with Crippen LogP contribution in [0.15, 0.2) is 54.6 Å². The number of likely N-dealkylation sites (tertiary alicyclic amines) is 1. The van der Waals surface area contributed by atoms with Crippen LogP contribution in [0.25, 0.3) is 0 Å². The number of carbonyl (C=O) groups is 1. The third-order valence-corrected chi connectivity index (χ3v) is 4.72. The zero-order chi connectivity index (χ0) is 17.1. The largest absolute Gasteiger partial charge is 0.465 e. The second kappa shape index (κ2) is 6.93. The summed E-state index contributed by atoms with van der Waals surface area (Å²) in [6.07, 6.45) is 0.240. The van der Waals surface area contributed by atoms with Gasteiger partial charge in [0.2, 0.25) is 0 Å². The maximum absolute atomic E-state index is 11.8. The van der Waals surface area contributed by atoms with Gasteiger partial charge < -0.3 is 15.9 Å². The lowest BCUT2D eigenvalue weighted by Crippen LogP contribution is -2.44. The smallest absolute Gasteiger partial charge is 0.407 e. The molecule has 0 bridgehead atoms. The Morgan fingerprint density at radius 2 is 1.79 bits per heavy atom. The van der Waals surface area contributed by atoms with Crippen molar-refractivity contribution in [3.05, 3.63) is 65.7 Å². The molecule has 1 aliphatic rings. The van der Waals surface area contributed by atoms with Crippen LogP contribution in [0.3, 0.4) is 0 Å². The highest BCUT2D eigenvalue weighted by molar-refractivity contribution is 5.66. The molecule has 0 aromatic heterocycles. The number of anilines is 1. The molecule has 2 aromatic rings. The third kappa shape index (κ3) is 3.36. The summed E-state index contributed by atoms with van der Waals surface area (Å²) in [5.41, 5.74) is 8.19. The number of hydrogen-bond donors (Lipinski definition) is 3. The predicted octanol–water partition coefficient (Wildman–Crippen LogP) is 3.06. The van der Waals surface area contributed by atoms with Crippen molar-refractivity contribution in [2.75, 3.05) is 5.73 Å². The van der Waals surface area contributed by atoms with Crippen LogP contribution < -0.4 is 5.73 Å². The van der Waals surface area contributed by atoms with Crippen LogP contribution in [0.5, 0.6) is 0 Å². The standard InChI is InChI=1S/C19H22N2O3/c20-15-8-6-13(7-9-15)12-16-10-11-17(21(16)19(23)24)18(22)14-4-2-1-3-5-14/h1-9,16-18,22H,10-12,20H2,(H,23,24)/t16-,17-,18?/m1/s1. The maximum atomic E-state index is 11.8. The van der Waals surface area contributed by atoms with Crippen LogP contribution in [-0.4, -0.2) is 33.3 Å². The van der Waals surface area contributed by atoms with Gasteiger partial charge in [0.25, 0.3) is 0 Å². The number of carboxylic acid groups (broad SMARTS) is 1. The molecule has 2 aromatic carbocycles. The number of rotatable bonds is 4. The summed E-state index contributed by atoms with van der Waals surface area (Å²) >= 11 is 0. The highest BCUT2D eigenvalue weighted by atomic mass is 16.4. The molecule has 1 heterocycles. The quantitative estimate of drug-likeness (QED) is 0.754. The molecule has 0 spiro atoms. The van der Waals surface area contributed by atoms with Gasteiger partial charge in [-0.1, -0.05) is 42.5 Å². The van der Waals surface area contributed by atoms with Crippen molar-refractivity contribution in [1.82, 2.24) is 4.90 Å². The van der Waals surface area contributed by atoms with Crippen LogP contribution in [-0.2, 0) is 6.42 Å². The van der Waals surface area contributed by atoms with Gasteiger partial charge in [0.05, 0.1) is 12.1 Å². The Morgan fingerprint density at radius 3 is 2.42 bits per heavy atom. The molecule has 5 heteroatoms. The fraction of sp³-hybridized carbons (Fsp3) is 0.316. The Labute approximate surface area is 141 Å². The summed E-state index contributed by atoms with van der Waals surface area (Å²) in [7, 11) is 0. The number of benzene rings is 2. The first-order valence-electron chi connectivity index (χ1n) is 8.15. The lowest BCUT2D eigenvalue weighted by atomic mass is 10.0. The Hall–Kier alpha value is -2.53. The van der Waals surface area contributed by atoms with Crippen molar-refractivity contribution in [1.29, 1.82) is 0 Å². The lowest BCUT2D eigenvalue weighted by molar-refractivity contribution is 0.0540. The van der Waals surface area contributed by atoms with Crippen LogP contribution in [0, 0.1) is 0 Å². The Kier molecular flexibility index (Phi) is 4.71. The van der Waals surface area contributed by atoms with E-state index in [-0.39, 0.29) is 6.04 Å². The van der Waals surface area contributed by atoms with Crippen LogP contribution >= 0.6 is 0 Å². The first-order valence-corrected chi connectivity index (χ1v) is 8.15. The van der Waals surface area contributed by atoms with Gasteiger partial charge in [-0.3, -0.25) is 4.90 Å². The molecule has 0 radical (unpaired) electrons. The van der Waals surface area contributed by atoms with Crippen molar-refractivity contribution < 1.29 is 15.0 Å². The predicted molar refractivity (Wildman–Crippen MR) is 92.6 cm³/mol. The highest BCUT2D eigenvalue weighted by Gasteiger charge is 2.41. The fourth-order valence-electron chi connectivity index (χ4n) is 3.52. The van der Waals surface area contributed by atoms with E-state index in [0.29, 0.717) is 18.5 Å². The van der Waals surface area contributed by atoms with E-state index < -0.39 is 18.2 Å². The average Bonchev–Trinajstić information content (AvgIpc) is 3.01. The first-order chi connectivity index (χ1) is 11.6. The van der Waals surface area contributed by atoms with E-state index in [1.807, 2.05) is 54.6 Å². The van der Waals surface area contributed by atoms with Gasteiger partial charge in [-0.15, -0.1) is 0 Å². The molecule has 1 unspecified atom stereocenters. The molecule has 3 atom stereocenters. The van der Waals surface area contributed by atoms with Gasteiger partial charge in [-0.2, -0.15) is 0 Å². The topological polar surface area (TPSA) is 86.8 Å². The molecule has 3 rings (SSSR count). The molecule has 24 heavy (non-hydrogen) atoms. The Morgan fingerprint density at radius 1 is 1.12 bits per heavy atom. The number of amides is 1. The molecule has 0 aliphatic carbocycles. The summed E-state index contributed by atoms with van der Waals surface area (Å²) in [5.74, 6) is 0. The monoisotopic (exact) mass is 326 g/mol. The number of nitrogens with zero attached hydrogens (tertiary/aromatic N) is 1. The maximum Gasteiger partial charge on any atom is 0.407 e. The summed E-state index contributed by atoms with van der Waals surface area (Å²) in [4.78, 5) is 13.2. The van der Waals surface area contributed by atoms with Crippen molar-refractivity contribution in [3.63, 3.8) is 0 Å². The molecular formula is C19H22N2O3. The molecule has 1 fully saturated rings. The second-order valence-electron chi connectivity index (χ2n) is 6.29. The van der Waals surface area contributed by atoms with Crippen molar-refractivity contribution in [3.8, 4) is 0 Å². The summed E-state index contributed by atoms with van der Waals surface area (Å²) in [5, 5.41) is 20.3. The van der Waals surface area contributed by atoms with Crippen molar-refractivity contribution in [2.24, 2.45) is 0 Å². The minimum Gasteiger partial charge on any atom is -0.465 e. The molecule has 126 valence electrons. The van der Waals surface area contributed by atoms with E-state index in [4.69, 9.17) is 5.73 Å². The third-order valence-electron chi connectivity index (χ3n) is 4.72.